The molecule has 8 nitrogen and oxygen atoms in total. The van der Waals surface area contributed by atoms with Crippen LogP contribution in [0.1, 0.15) is 13.8 Å². The van der Waals surface area contributed by atoms with Gasteiger partial charge in [-0.15, -0.1) is 0 Å². The summed E-state index contributed by atoms with van der Waals surface area (Å²) in [5, 5.41) is 0. The molecule has 0 radical (unpaired) electrons. The molecule has 126 valence electrons. The van der Waals surface area contributed by atoms with Crippen LogP contribution in [0.5, 0.6) is 0 Å². The molecule has 1 aliphatic rings. The van der Waals surface area contributed by atoms with Crippen LogP contribution in [0.2, 0.25) is 0 Å². The summed E-state index contributed by atoms with van der Waals surface area (Å²) in [6.07, 6.45) is -0.670. The summed E-state index contributed by atoms with van der Waals surface area (Å²) in [5.41, 5.74) is 0. The van der Waals surface area contributed by atoms with E-state index in [0.717, 1.165) is 0 Å². The van der Waals surface area contributed by atoms with Crippen LogP contribution in [0, 0.1) is 0 Å². The van der Waals surface area contributed by atoms with Gasteiger partial charge in [0.05, 0.1) is 65.1 Å². The van der Waals surface area contributed by atoms with Gasteiger partial charge in [0.25, 0.3) is 0 Å². The van der Waals surface area contributed by atoms with Gasteiger partial charge in [-0.05, 0) is 13.8 Å². The summed E-state index contributed by atoms with van der Waals surface area (Å²) in [7, 11) is -4.09. The maximum atomic E-state index is 11.6. The van der Waals surface area contributed by atoms with Crippen molar-refractivity contribution < 1.29 is 37.5 Å². The van der Waals surface area contributed by atoms with E-state index in [1.807, 2.05) is 0 Å². The summed E-state index contributed by atoms with van der Waals surface area (Å²) in [6, 6.07) is 0. The quantitative estimate of drug-likeness (QED) is 0.658. The van der Waals surface area contributed by atoms with E-state index in [2.05, 4.69) is 0 Å². The average molecular weight is 328 g/mol. The lowest BCUT2D eigenvalue weighted by Crippen LogP contribution is -2.20. The molecule has 3 atom stereocenters. The van der Waals surface area contributed by atoms with Gasteiger partial charge in [-0.1, -0.05) is 0 Å². The molecule has 1 aliphatic heterocycles. The fourth-order valence-electron chi connectivity index (χ4n) is 1.47. The molecule has 9 heteroatoms. The van der Waals surface area contributed by atoms with Crippen molar-refractivity contribution in [2.45, 2.75) is 26.1 Å². The van der Waals surface area contributed by atoms with Gasteiger partial charge in [0.2, 0.25) is 0 Å². The van der Waals surface area contributed by atoms with E-state index in [0.29, 0.717) is 39.6 Å². The minimum Gasteiger partial charge on any atom is -0.377 e. The molecule has 0 amide bonds. The highest BCUT2D eigenvalue weighted by atomic mass is 31.2. The van der Waals surface area contributed by atoms with Crippen LogP contribution in [0.3, 0.4) is 0 Å². The average Bonchev–Trinajstić information content (AvgIpc) is 2.44. The molecular weight excluding hydrogens is 303 g/mol. The molecule has 21 heavy (non-hydrogen) atoms. The monoisotopic (exact) mass is 328 g/mol. The maximum Gasteiger partial charge on any atom is 0.472 e. The highest BCUT2D eigenvalue weighted by molar-refractivity contribution is 7.47. The van der Waals surface area contributed by atoms with Gasteiger partial charge >= 0.3 is 7.82 Å². The van der Waals surface area contributed by atoms with Gasteiger partial charge in [0.1, 0.15) is 0 Å². The van der Waals surface area contributed by atoms with E-state index in [-0.39, 0.29) is 25.4 Å². The molecule has 1 N–H and O–H groups in total. The molecule has 0 spiro atoms. The number of phosphoric acid groups is 1. The number of hydrogen-bond donors (Lipinski definition) is 1. The second-order valence-electron chi connectivity index (χ2n) is 4.65. The Kier molecular flexibility index (Phi) is 9.62. The van der Waals surface area contributed by atoms with Crippen molar-refractivity contribution in [1.82, 2.24) is 0 Å². The first-order chi connectivity index (χ1) is 9.99. The lowest BCUT2D eigenvalue weighted by Gasteiger charge is -2.18. The van der Waals surface area contributed by atoms with Crippen LogP contribution in [0.4, 0.5) is 0 Å². The highest BCUT2D eigenvalue weighted by Crippen LogP contribution is 2.43. The molecule has 1 fully saturated rings. The van der Waals surface area contributed by atoms with Gasteiger partial charge < -0.3 is 23.8 Å². The predicted octanol–water partition coefficient (Wildman–Crippen LogP) is 0.977. The Hall–Kier alpha value is -0.0500. The first kappa shape index (κ1) is 19.0. The van der Waals surface area contributed by atoms with E-state index in [9.17, 15) is 9.46 Å². The van der Waals surface area contributed by atoms with Gasteiger partial charge in [-0.3, -0.25) is 9.05 Å². The Morgan fingerprint density at radius 3 is 1.62 bits per heavy atom. The third-order valence-electron chi connectivity index (χ3n) is 2.58. The Morgan fingerprint density at radius 1 is 0.810 bits per heavy atom. The van der Waals surface area contributed by atoms with Crippen molar-refractivity contribution in [3.05, 3.63) is 0 Å². The Balaban J connectivity index is 2.40. The fraction of sp³-hybridized carbons (Fsp3) is 1.00. The smallest absolute Gasteiger partial charge is 0.377 e. The lowest BCUT2D eigenvalue weighted by atomic mass is 10.4. The van der Waals surface area contributed by atoms with Gasteiger partial charge in [0, 0.05) is 0 Å². The number of hydrogen-bond acceptors (Lipinski definition) is 7. The van der Waals surface area contributed by atoms with Crippen LogP contribution in [0.15, 0.2) is 0 Å². The van der Waals surface area contributed by atoms with E-state index in [4.69, 9.17) is 28.0 Å². The zero-order valence-corrected chi connectivity index (χ0v) is 13.5. The standard InChI is InChI=1S/C12H25O8P/c1-11-9-19-21(13,14)20-10-12(2)18-8-6-16-4-3-15-5-7-17-11/h11-12H,3-10H2,1-2H3,(H,13,14)/t11-,12?/m0/s1. The molecular formula is C12H25O8P. The molecule has 1 rings (SSSR count). The Bertz CT molecular complexity index is 288. The van der Waals surface area contributed by atoms with Crippen LogP contribution < -0.4 is 0 Å². The Labute approximate surface area is 125 Å². The molecule has 0 aliphatic carbocycles. The van der Waals surface area contributed by atoms with Crippen molar-refractivity contribution in [3.8, 4) is 0 Å². The predicted molar refractivity (Wildman–Crippen MR) is 74.2 cm³/mol. The SMILES string of the molecule is CC1COP(=O)(O)OC[C@H](C)OCCOCCOCCO1. The summed E-state index contributed by atoms with van der Waals surface area (Å²) in [4.78, 5) is 9.52. The number of rotatable bonds is 0. The summed E-state index contributed by atoms with van der Waals surface area (Å²) in [6.45, 7) is 5.98. The molecule has 0 aromatic carbocycles. The third-order valence-corrected chi connectivity index (χ3v) is 3.53. The van der Waals surface area contributed by atoms with Crippen molar-refractivity contribution in [2.75, 3.05) is 52.9 Å². The van der Waals surface area contributed by atoms with Crippen molar-refractivity contribution in [3.63, 3.8) is 0 Å². The molecule has 0 bridgehead atoms. The largest absolute Gasteiger partial charge is 0.472 e. The topological polar surface area (TPSA) is 92.7 Å². The van der Waals surface area contributed by atoms with E-state index in [1.54, 1.807) is 13.8 Å². The first-order valence-corrected chi connectivity index (χ1v) is 8.50. The normalized spacial score (nSPS) is 36.0. The van der Waals surface area contributed by atoms with Crippen LogP contribution in [-0.4, -0.2) is 70.0 Å². The van der Waals surface area contributed by atoms with Crippen LogP contribution >= 0.6 is 7.82 Å². The zero-order valence-electron chi connectivity index (χ0n) is 12.6. The van der Waals surface area contributed by atoms with E-state index >= 15 is 0 Å². The van der Waals surface area contributed by atoms with Crippen molar-refractivity contribution in [2.24, 2.45) is 0 Å². The Morgan fingerprint density at radius 2 is 1.19 bits per heavy atom. The number of phosphoric ester groups is 1. The van der Waals surface area contributed by atoms with Crippen LogP contribution in [-0.2, 0) is 32.6 Å². The summed E-state index contributed by atoms with van der Waals surface area (Å²) >= 11 is 0. The molecule has 0 saturated carbocycles. The third kappa shape index (κ3) is 10.3. The maximum absolute atomic E-state index is 11.6. The zero-order chi connectivity index (χ0) is 15.6. The van der Waals surface area contributed by atoms with Crippen molar-refractivity contribution >= 4 is 7.82 Å². The summed E-state index contributed by atoms with van der Waals surface area (Å²) < 4.78 is 42.7. The van der Waals surface area contributed by atoms with Gasteiger partial charge in [0.15, 0.2) is 0 Å². The van der Waals surface area contributed by atoms with Gasteiger partial charge in [-0.2, -0.15) is 0 Å². The molecule has 1 saturated heterocycles. The second kappa shape index (κ2) is 10.6. The summed E-state index contributed by atoms with van der Waals surface area (Å²) in [5.74, 6) is 0. The molecule has 2 unspecified atom stereocenters. The molecule has 0 aromatic rings. The van der Waals surface area contributed by atoms with Gasteiger partial charge in [-0.25, -0.2) is 4.57 Å². The minimum atomic E-state index is -4.09. The first-order valence-electron chi connectivity index (χ1n) is 7.00. The highest BCUT2D eigenvalue weighted by Gasteiger charge is 2.23. The molecule has 0 aromatic heterocycles. The number of ether oxygens (including phenoxy) is 4. The molecule has 1 heterocycles. The van der Waals surface area contributed by atoms with E-state index in [1.165, 1.54) is 0 Å². The fourth-order valence-corrected chi connectivity index (χ4v) is 2.34. The second-order valence-corrected chi connectivity index (χ2v) is 6.10. The van der Waals surface area contributed by atoms with E-state index < -0.39 is 7.82 Å². The minimum absolute atomic E-state index is 0.0356. The van der Waals surface area contributed by atoms with Crippen LogP contribution in [0.25, 0.3) is 0 Å². The van der Waals surface area contributed by atoms with Crippen molar-refractivity contribution in [1.29, 1.82) is 0 Å². The lowest BCUT2D eigenvalue weighted by molar-refractivity contribution is -0.0285.